The van der Waals surface area contributed by atoms with Crippen LogP contribution in [0.4, 0.5) is 22.0 Å². The SMILES string of the molecule is COc1cc(OCC(F)(F)F)cc(C2(NC(=O)C[C@](C)(O)c3ccc(F)cc3F)CC2)c1. The summed E-state index contributed by atoms with van der Waals surface area (Å²) in [6, 6.07) is 6.92. The molecule has 174 valence electrons. The number of ether oxygens (including phenoxy) is 2. The first-order valence-corrected chi connectivity index (χ1v) is 9.72. The van der Waals surface area contributed by atoms with Crippen molar-refractivity contribution in [1.82, 2.24) is 5.32 Å². The van der Waals surface area contributed by atoms with Gasteiger partial charge in [0.2, 0.25) is 5.91 Å². The van der Waals surface area contributed by atoms with Crippen LogP contribution in [0.5, 0.6) is 11.5 Å². The number of nitrogens with one attached hydrogen (secondary N) is 1. The smallest absolute Gasteiger partial charge is 0.422 e. The van der Waals surface area contributed by atoms with Crippen LogP contribution in [0.1, 0.15) is 37.3 Å². The third kappa shape index (κ3) is 5.67. The molecule has 0 radical (unpaired) electrons. The van der Waals surface area contributed by atoms with Gasteiger partial charge in [-0.25, -0.2) is 8.78 Å². The standard InChI is InChI=1S/C22H22F5NO4/c1-20(30,17-4-3-14(23)9-18(17)24)11-19(29)28-21(5-6-21)13-7-15(31-2)10-16(8-13)32-12-22(25,26)27/h3-4,7-10,30H,5-6,11-12H2,1-2H3,(H,28,29)/t20-/m0/s1. The predicted octanol–water partition coefficient (Wildman–Crippen LogP) is 4.32. The van der Waals surface area contributed by atoms with Gasteiger partial charge in [0.15, 0.2) is 6.61 Å². The van der Waals surface area contributed by atoms with Crippen LogP contribution >= 0.6 is 0 Å². The third-order valence-corrected chi connectivity index (χ3v) is 5.22. The minimum Gasteiger partial charge on any atom is -0.497 e. The Hall–Kier alpha value is -2.88. The van der Waals surface area contributed by atoms with Gasteiger partial charge in [-0.1, -0.05) is 6.07 Å². The lowest BCUT2D eigenvalue weighted by Gasteiger charge is -2.26. The van der Waals surface area contributed by atoms with Gasteiger partial charge in [-0.3, -0.25) is 4.79 Å². The molecule has 1 saturated carbocycles. The maximum Gasteiger partial charge on any atom is 0.422 e. The number of alkyl halides is 3. The van der Waals surface area contributed by atoms with Crippen molar-refractivity contribution in [3.8, 4) is 11.5 Å². The van der Waals surface area contributed by atoms with Gasteiger partial charge in [0, 0.05) is 17.7 Å². The second-order valence-corrected chi connectivity index (χ2v) is 8.01. The largest absolute Gasteiger partial charge is 0.497 e. The Labute approximate surface area is 181 Å². The summed E-state index contributed by atoms with van der Waals surface area (Å²) in [5, 5.41) is 13.4. The van der Waals surface area contributed by atoms with Crippen molar-refractivity contribution >= 4 is 5.91 Å². The lowest BCUT2D eigenvalue weighted by Crippen LogP contribution is -2.39. The van der Waals surface area contributed by atoms with Crippen LogP contribution in [-0.2, 0) is 15.9 Å². The molecule has 0 unspecified atom stereocenters. The van der Waals surface area contributed by atoms with Gasteiger partial charge in [0.1, 0.15) is 23.1 Å². The first-order valence-electron chi connectivity index (χ1n) is 9.72. The van der Waals surface area contributed by atoms with Crippen LogP contribution in [0.3, 0.4) is 0 Å². The zero-order valence-electron chi connectivity index (χ0n) is 17.4. The summed E-state index contributed by atoms with van der Waals surface area (Å²) < 4.78 is 74.7. The monoisotopic (exact) mass is 459 g/mol. The Morgan fingerprint density at radius 3 is 2.34 bits per heavy atom. The molecule has 0 aromatic heterocycles. The van der Waals surface area contributed by atoms with Crippen molar-refractivity contribution in [1.29, 1.82) is 0 Å². The van der Waals surface area contributed by atoms with E-state index in [1.807, 2.05) is 0 Å². The van der Waals surface area contributed by atoms with Crippen molar-refractivity contribution in [2.45, 2.75) is 43.5 Å². The molecule has 2 aromatic rings. The molecule has 2 aromatic carbocycles. The van der Waals surface area contributed by atoms with E-state index >= 15 is 0 Å². The van der Waals surface area contributed by atoms with E-state index in [-0.39, 0.29) is 17.1 Å². The zero-order valence-corrected chi connectivity index (χ0v) is 17.4. The molecule has 0 heterocycles. The van der Waals surface area contributed by atoms with E-state index in [1.54, 1.807) is 6.07 Å². The van der Waals surface area contributed by atoms with Crippen molar-refractivity contribution in [2.75, 3.05) is 13.7 Å². The predicted molar refractivity (Wildman–Crippen MR) is 104 cm³/mol. The molecule has 1 amide bonds. The summed E-state index contributed by atoms with van der Waals surface area (Å²) in [4.78, 5) is 12.7. The summed E-state index contributed by atoms with van der Waals surface area (Å²) in [7, 11) is 1.35. The quantitative estimate of drug-likeness (QED) is 0.578. The van der Waals surface area contributed by atoms with E-state index in [2.05, 4.69) is 5.32 Å². The number of halogens is 5. The molecule has 1 atom stereocenters. The average molecular weight is 459 g/mol. The number of aliphatic hydroxyl groups is 1. The fraction of sp³-hybridized carbons (Fsp3) is 0.409. The van der Waals surface area contributed by atoms with Gasteiger partial charge in [-0.2, -0.15) is 13.2 Å². The lowest BCUT2D eigenvalue weighted by atomic mass is 9.91. The molecule has 0 bridgehead atoms. The lowest BCUT2D eigenvalue weighted by molar-refractivity contribution is -0.153. The number of amides is 1. The van der Waals surface area contributed by atoms with E-state index in [9.17, 15) is 31.9 Å². The first kappa shape index (κ1) is 23.8. The van der Waals surface area contributed by atoms with Crippen LogP contribution in [0.2, 0.25) is 0 Å². The Morgan fingerprint density at radius 2 is 1.78 bits per heavy atom. The van der Waals surface area contributed by atoms with Crippen molar-refractivity contribution in [3.63, 3.8) is 0 Å². The maximum atomic E-state index is 14.1. The van der Waals surface area contributed by atoms with Crippen LogP contribution in [0.25, 0.3) is 0 Å². The second-order valence-electron chi connectivity index (χ2n) is 8.01. The highest BCUT2D eigenvalue weighted by Crippen LogP contribution is 2.48. The van der Waals surface area contributed by atoms with Crippen molar-refractivity contribution < 1.29 is 41.3 Å². The number of carbonyl (C=O) groups is 1. The van der Waals surface area contributed by atoms with Crippen LogP contribution in [0, 0.1) is 11.6 Å². The van der Waals surface area contributed by atoms with E-state index in [1.165, 1.54) is 26.2 Å². The second kappa shape index (κ2) is 8.57. The van der Waals surface area contributed by atoms with Crippen molar-refractivity contribution in [3.05, 3.63) is 59.2 Å². The summed E-state index contributed by atoms with van der Waals surface area (Å²) in [6.45, 7) is -0.248. The topological polar surface area (TPSA) is 67.8 Å². The van der Waals surface area contributed by atoms with Crippen LogP contribution < -0.4 is 14.8 Å². The number of hydrogen-bond acceptors (Lipinski definition) is 4. The highest BCUT2D eigenvalue weighted by Gasteiger charge is 2.47. The summed E-state index contributed by atoms with van der Waals surface area (Å²) in [6.07, 6.45) is -4.04. The molecular weight excluding hydrogens is 437 g/mol. The number of benzene rings is 2. The van der Waals surface area contributed by atoms with E-state index in [0.29, 0.717) is 24.5 Å². The molecular formula is C22H22F5NO4. The number of carbonyl (C=O) groups excluding carboxylic acids is 1. The number of hydrogen-bond donors (Lipinski definition) is 2. The summed E-state index contributed by atoms with van der Waals surface area (Å²) >= 11 is 0. The van der Waals surface area contributed by atoms with Gasteiger partial charge in [-0.15, -0.1) is 0 Å². The zero-order chi connectivity index (χ0) is 23.7. The fourth-order valence-electron chi connectivity index (χ4n) is 3.47. The third-order valence-electron chi connectivity index (χ3n) is 5.22. The van der Waals surface area contributed by atoms with Gasteiger partial charge in [0.25, 0.3) is 0 Å². The number of methoxy groups -OCH3 is 1. The molecule has 10 heteroatoms. The van der Waals surface area contributed by atoms with Gasteiger partial charge in [-0.05, 0) is 43.5 Å². The van der Waals surface area contributed by atoms with E-state index < -0.39 is 47.9 Å². The molecule has 2 N–H and O–H groups in total. The molecule has 1 aliphatic rings. The minimum absolute atomic E-state index is 0.0717. The summed E-state index contributed by atoms with van der Waals surface area (Å²) in [5.74, 6) is -2.23. The molecule has 32 heavy (non-hydrogen) atoms. The highest BCUT2D eigenvalue weighted by atomic mass is 19.4. The Morgan fingerprint density at radius 1 is 1.12 bits per heavy atom. The van der Waals surface area contributed by atoms with Crippen LogP contribution in [-0.4, -0.2) is 30.9 Å². The van der Waals surface area contributed by atoms with E-state index in [0.717, 1.165) is 12.1 Å². The van der Waals surface area contributed by atoms with Crippen LogP contribution in [0.15, 0.2) is 36.4 Å². The Balaban J connectivity index is 1.76. The normalized spacial score (nSPS) is 16.8. The molecule has 0 spiro atoms. The maximum absolute atomic E-state index is 14.1. The summed E-state index contributed by atoms with van der Waals surface area (Å²) in [5.41, 5.74) is -2.54. The highest BCUT2D eigenvalue weighted by molar-refractivity contribution is 5.79. The Kier molecular flexibility index (Phi) is 6.37. The fourth-order valence-corrected chi connectivity index (χ4v) is 3.47. The van der Waals surface area contributed by atoms with Gasteiger partial charge < -0.3 is 19.9 Å². The molecule has 3 rings (SSSR count). The first-order chi connectivity index (χ1) is 14.8. The molecule has 5 nitrogen and oxygen atoms in total. The molecule has 1 aliphatic carbocycles. The molecule has 0 aliphatic heterocycles. The Bertz CT molecular complexity index is 1000. The van der Waals surface area contributed by atoms with Gasteiger partial charge in [0.05, 0.1) is 24.7 Å². The minimum atomic E-state index is -4.52. The number of rotatable bonds is 8. The van der Waals surface area contributed by atoms with E-state index in [4.69, 9.17) is 9.47 Å². The van der Waals surface area contributed by atoms with Gasteiger partial charge >= 0.3 is 6.18 Å². The van der Waals surface area contributed by atoms with Crippen molar-refractivity contribution in [2.24, 2.45) is 0 Å². The average Bonchev–Trinajstić information content (AvgIpc) is 3.45. The molecule has 0 saturated heterocycles. The molecule has 1 fully saturated rings.